The summed E-state index contributed by atoms with van der Waals surface area (Å²) in [4.78, 5) is 8.90. The molecule has 0 bridgehead atoms. The second kappa shape index (κ2) is 8.67. The third kappa shape index (κ3) is 7.21. The highest BCUT2D eigenvalue weighted by molar-refractivity contribution is 5.73. The van der Waals surface area contributed by atoms with Crippen molar-refractivity contribution >= 4 is 11.7 Å². The Hall–Kier alpha value is -2.70. The molecular weight excluding hydrogens is 311 g/mol. The molecule has 4 nitrogen and oxygen atoms in total. The first kappa shape index (κ1) is 18.3. The number of carboxylic acid groups (broad SMARTS) is 1. The smallest absolute Gasteiger partial charge is 0.489 e. The number of carboxylic acids is 1. The Kier molecular flexibility index (Phi) is 6.92. The molecule has 0 radical (unpaired) electrons. The molecule has 23 heavy (non-hydrogen) atoms. The Morgan fingerprint density at radius 2 is 1.61 bits per heavy atom. The Morgan fingerprint density at radius 3 is 2.04 bits per heavy atom. The highest BCUT2D eigenvalue weighted by Crippen LogP contribution is 2.14. The highest BCUT2D eigenvalue weighted by Gasteiger charge is 2.38. The lowest BCUT2D eigenvalue weighted by Crippen LogP contribution is -2.21. The molecule has 0 atom stereocenters. The SMILES string of the molecule is CNc1ccc(COc2ccccc2)cc1.O=C(O)C(F)(F)F. The molecule has 0 aliphatic carbocycles. The van der Waals surface area contributed by atoms with E-state index >= 15 is 0 Å². The van der Waals surface area contributed by atoms with Gasteiger partial charge >= 0.3 is 12.1 Å². The maximum absolute atomic E-state index is 10.6. The topological polar surface area (TPSA) is 58.6 Å². The lowest BCUT2D eigenvalue weighted by atomic mass is 10.2. The number of para-hydroxylation sites is 1. The Bertz CT molecular complexity index is 598. The van der Waals surface area contributed by atoms with E-state index < -0.39 is 12.1 Å². The van der Waals surface area contributed by atoms with Gasteiger partial charge in [-0.05, 0) is 29.8 Å². The van der Waals surface area contributed by atoms with Crippen molar-refractivity contribution in [3.05, 3.63) is 60.2 Å². The van der Waals surface area contributed by atoms with E-state index in [2.05, 4.69) is 17.4 Å². The number of halogens is 3. The van der Waals surface area contributed by atoms with Crippen molar-refractivity contribution in [1.29, 1.82) is 0 Å². The normalized spacial score (nSPS) is 10.3. The van der Waals surface area contributed by atoms with Crippen LogP contribution in [0.5, 0.6) is 5.75 Å². The van der Waals surface area contributed by atoms with Crippen molar-refractivity contribution in [3.63, 3.8) is 0 Å². The zero-order chi connectivity index (χ0) is 17.3. The number of carbonyl (C=O) groups is 1. The van der Waals surface area contributed by atoms with Gasteiger partial charge in [0.25, 0.3) is 0 Å². The molecule has 2 rings (SSSR count). The highest BCUT2D eigenvalue weighted by atomic mass is 19.4. The van der Waals surface area contributed by atoms with Crippen molar-refractivity contribution in [2.24, 2.45) is 0 Å². The van der Waals surface area contributed by atoms with Crippen LogP contribution in [0, 0.1) is 0 Å². The molecule has 2 aromatic rings. The van der Waals surface area contributed by atoms with Gasteiger partial charge in [0.05, 0.1) is 0 Å². The Morgan fingerprint density at radius 1 is 1.09 bits per heavy atom. The summed E-state index contributed by atoms with van der Waals surface area (Å²) in [7, 11) is 1.91. The van der Waals surface area contributed by atoms with E-state index in [-0.39, 0.29) is 0 Å². The summed E-state index contributed by atoms with van der Waals surface area (Å²) in [5.74, 6) is -1.85. The van der Waals surface area contributed by atoms with Gasteiger partial charge < -0.3 is 15.2 Å². The summed E-state index contributed by atoms with van der Waals surface area (Å²) in [6.45, 7) is 0.605. The fourth-order valence-electron chi connectivity index (χ4n) is 1.45. The molecule has 0 aliphatic heterocycles. The van der Waals surface area contributed by atoms with Crippen LogP contribution in [0.1, 0.15) is 5.56 Å². The van der Waals surface area contributed by atoms with Crippen molar-refractivity contribution in [2.75, 3.05) is 12.4 Å². The van der Waals surface area contributed by atoms with E-state index in [0.717, 1.165) is 11.4 Å². The summed E-state index contributed by atoms with van der Waals surface area (Å²) < 4.78 is 37.4. The summed E-state index contributed by atoms with van der Waals surface area (Å²) in [6.07, 6.45) is -5.08. The monoisotopic (exact) mass is 327 g/mol. The molecule has 2 N–H and O–H groups in total. The van der Waals surface area contributed by atoms with Crippen LogP contribution in [0.4, 0.5) is 18.9 Å². The number of nitrogens with one attached hydrogen (secondary N) is 1. The molecule has 124 valence electrons. The van der Waals surface area contributed by atoms with Crippen LogP contribution in [0.3, 0.4) is 0 Å². The van der Waals surface area contributed by atoms with Crippen LogP contribution < -0.4 is 10.1 Å². The zero-order valence-electron chi connectivity index (χ0n) is 12.3. The maximum atomic E-state index is 10.6. The van der Waals surface area contributed by atoms with Gasteiger partial charge in [-0.3, -0.25) is 0 Å². The average Bonchev–Trinajstić information content (AvgIpc) is 2.54. The Balaban J connectivity index is 0.000000322. The zero-order valence-corrected chi connectivity index (χ0v) is 12.3. The lowest BCUT2D eigenvalue weighted by molar-refractivity contribution is -0.192. The molecule has 7 heteroatoms. The number of benzene rings is 2. The van der Waals surface area contributed by atoms with Gasteiger partial charge in [-0.2, -0.15) is 13.2 Å². The maximum Gasteiger partial charge on any atom is 0.490 e. The molecule has 0 unspecified atom stereocenters. The summed E-state index contributed by atoms with van der Waals surface area (Å²) in [5, 5.41) is 10.2. The Labute approximate surface area is 131 Å². The number of hydrogen-bond donors (Lipinski definition) is 2. The van der Waals surface area contributed by atoms with Crippen molar-refractivity contribution in [1.82, 2.24) is 0 Å². The first-order valence-corrected chi connectivity index (χ1v) is 6.57. The second-order valence-corrected chi connectivity index (χ2v) is 4.35. The van der Waals surface area contributed by atoms with E-state index in [0.29, 0.717) is 6.61 Å². The van der Waals surface area contributed by atoms with Gasteiger partial charge in [0.15, 0.2) is 0 Å². The fraction of sp³-hybridized carbons (Fsp3) is 0.188. The number of ether oxygens (including phenoxy) is 1. The fourth-order valence-corrected chi connectivity index (χ4v) is 1.45. The lowest BCUT2D eigenvalue weighted by Gasteiger charge is -2.06. The number of anilines is 1. The molecule has 2 aromatic carbocycles. The molecule has 0 fully saturated rings. The average molecular weight is 327 g/mol. The minimum absolute atomic E-state index is 0.605. The molecule has 0 saturated heterocycles. The van der Waals surface area contributed by atoms with Crippen molar-refractivity contribution < 1.29 is 27.8 Å². The second-order valence-electron chi connectivity index (χ2n) is 4.35. The predicted molar refractivity (Wildman–Crippen MR) is 80.5 cm³/mol. The summed E-state index contributed by atoms with van der Waals surface area (Å²) in [6, 6.07) is 18.1. The van der Waals surface area contributed by atoms with E-state index in [1.54, 1.807) is 0 Å². The van der Waals surface area contributed by atoms with Crippen LogP contribution in [0.15, 0.2) is 54.6 Å². The largest absolute Gasteiger partial charge is 0.490 e. The molecule has 0 amide bonds. The van der Waals surface area contributed by atoms with Gasteiger partial charge in [0.1, 0.15) is 12.4 Å². The van der Waals surface area contributed by atoms with Crippen LogP contribution in [0.2, 0.25) is 0 Å². The predicted octanol–water partition coefficient (Wildman–Crippen LogP) is 3.94. The minimum Gasteiger partial charge on any atom is -0.489 e. The van der Waals surface area contributed by atoms with Gasteiger partial charge in [-0.25, -0.2) is 4.79 Å². The number of rotatable bonds is 4. The van der Waals surface area contributed by atoms with Crippen LogP contribution >= 0.6 is 0 Å². The molecular formula is C16H16F3NO3. The quantitative estimate of drug-likeness (QED) is 0.893. The first-order chi connectivity index (χ1) is 10.8. The van der Waals surface area contributed by atoms with E-state index in [4.69, 9.17) is 14.6 Å². The van der Waals surface area contributed by atoms with Gasteiger partial charge in [0, 0.05) is 12.7 Å². The van der Waals surface area contributed by atoms with Crippen molar-refractivity contribution in [3.8, 4) is 5.75 Å². The molecule has 0 spiro atoms. The van der Waals surface area contributed by atoms with E-state index in [1.165, 1.54) is 5.56 Å². The first-order valence-electron chi connectivity index (χ1n) is 6.57. The van der Waals surface area contributed by atoms with Crippen LogP contribution in [-0.4, -0.2) is 24.3 Å². The molecule has 0 aliphatic rings. The standard InChI is InChI=1S/C14H15NO.C2HF3O2/c1-15-13-9-7-12(8-10-13)11-16-14-5-3-2-4-6-14;3-2(4,5)1(6)7/h2-10,15H,11H2,1H3;(H,6,7). The third-order valence-electron chi connectivity index (χ3n) is 2.63. The number of aliphatic carboxylic acids is 1. The number of alkyl halides is 3. The van der Waals surface area contributed by atoms with Crippen LogP contribution in [-0.2, 0) is 11.4 Å². The van der Waals surface area contributed by atoms with Gasteiger partial charge in [-0.1, -0.05) is 30.3 Å². The minimum atomic E-state index is -5.08. The summed E-state index contributed by atoms with van der Waals surface area (Å²) >= 11 is 0. The van der Waals surface area contributed by atoms with E-state index in [1.807, 2.05) is 49.5 Å². The molecule has 0 heterocycles. The third-order valence-corrected chi connectivity index (χ3v) is 2.63. The van der Waals surface area contributed by atoms with Gasteiger partial charge in [0.2, 0.25) is 0 Å². The van der Waals surface area contributed by atoms with Gasteiger partial charge in [-0.15, -0.1) is 0 Å². The number of hydrogen-bond acceptors (Lipinski definition) is 3. The van der Waals surface area contributed by atoms with Crippen molar-refractivity contribution in [2.45, 2.75) is 12.8 Å². The van der Waals surface area contributed by atoms with Crippen LogP contribution in [0.25, 0.3) is 0 Å². The molecule has 0 saturated carbocycles. The van der Waals surface area contributed by atoms with E-state index in [9.17, 15) is 13.2 Å². The molecule has 0 aromatic heterocycles. The summed E-state index contributed by atoms with van der Waals surface area (Å²) in [5.41, 5.74) is 2.28.